The Morgan fingerprint density at radius 3 is 2.57 bits per heavy atom. The highest BCUT2D eigenvalue weighted by Crippen LogP contribution is 2.28. The van der Waals surface area contributed by atoms with Crippen molar-refractivity contribution >= 4 is 0 Å². The maximum Gasteiger partial charge on any atom is 0.134 e. The number of nitrogens with one attached hydrogen (secondary N) is 1. The molecule has 1 aliphatic heterocycles. The maximum atomic E-state index is 9.43. The minimum absolute atomic E-state index is 0.103. The lowest BCUT2D eigenvalue weighted by molar-refractivity contribution is -0.135. The maximum absolute atomic E-state index is 9.43. The Bertz CT molecular complexity index is 569. The fraction of sp³-hybridized carbons (Fsp3) is 0.412. The molecule has 1 aromatic carbocycles. The smallest absolute Gasteiger partial charge is 0.134 e. The molecule has 1 unspecified atom stereocenters. The van der Waals surface area contributed by atoms with Gasteiger partial charge in [0.25, 0.3) is 0 Å². The van der Waals surface area contributed by atoms with Gasteiger partial charge in [-0.15, -0.1) is 0 Å². The van der Waals surface area contributed by atoms with Crippen molar-refractivity contribution in [3.8, 4) is 11.3 Å². The van der Waals surface area contributed by atoms with E-state index in [4.69, 9.17) is 9.15 Å². The van der Waals surface area contributed by atoms with Gasteiger partial charge in [-0.3, -0.25) is 0 Å². The van der Waals surface area contributed by atoms with Crippen LogP contribution in [0.2, 0.25) is 0 Å². The van der Waals surface area contributed by atoms with Crippen LogP contribution in [0.25, 0.3) is 11.3 Å². The molecular formula is C17H21NO3. The lowest BCUT2D eigenvalue weighted by Gasteiger charge is -2.40. The standard InChI is InChI=1S/C17H21NO3/c1-13(18-9-17(10-19)11-20-12-17)15-7-8-16(21-15)14-5-3-2-4-6-14/h2-8,13,18-19H,9-12H2,1H3. The molecule has 1 saturated heterocycles. The summed E-state index contributed by atoms with van der Waals surface area (Å²) in [5, 5.41) is 12.9. The van der Waals surface area contributed by atoms with Crippen molar-refractivity contribution in [2.24, 2.45) is 5.41 Å². The Labute approximate surface area is 124 Å². The molecule has 0 amide bonds. The lowest BCUT2D eigenvalue weighted by Crippen LogP contribution is -2.52. The summed E-state index contributed by atoms with van der Waals surface area (Å²) in [6, 6.07) is 14.2. The van der Waals surface area contributed by atoms with E-state index in [1.54, 1.807) is 0 Å². The molecule has 2 aromatic rings. The van der Waals surface area contributed by atoms with E-state index in [-0.39, 0.29) is 18.1 Å². The van der Waals surface area contributed by atoms with Crippen molar-refractivity contribution in [1.82, 2.24) is 5.32 Å². The molecule has 1 aromatic heterocycles. The summed E-state index contributed by atoms with van der Waals surface area (Å²) >= 11 is 0. The molecule has 1 atom stereocenters. The zero-order chi connectivity index (χ0) is 14.7. The first kappa shape index (κ1) is 14.3. The third kappa shape index (κ3) is 3.02. The molecule has 21 heavy (non-hydrogen) atoms. The number of rotatable bonds is 6. The van der Waals surface area contributed by atoms with Crippen LogP contribution >= 0.6 is 0 Å². The van der Waals surface area contributed by atoms with Gasteiger partial charge < -0.3 is 19.6 Å². The summed E-state index contributed by atoms with van der Waals surface area (Å²) in [7, 11) is 0. The molecular weight excluding hydrogens is 266 g/mol. The van der Waals surface area contributed by atoms with Crippen LogP contribution < -0.4 is 5.32 Å². The first-order chi connectivity index (χ1) is 10.2. The second-order valence-corrected chi connectivity index (χ2v) is 5.82. The third-order valence-electron chi connectivity index (χ3n) is 4.05. The molecule has 3 rings (SSSR count). The van der Waals surface area contributed by atoms with Gasteiger partial charge in [0.05, 0.1) is 31.3 Å². The van der Waals surface area contributed by atoms with Crippen LogP contribution in [0.5, 0.6) is 0 Å². The number of benzene rings is 1. The Kier molecular flexibility index (Phi) is 4.10. The summed E-state index contributed by atoms with van der Waals surface area (Å²) < 4.78 is 11.1. The molecule has 4 heteroatoms. The van der Waals surface area contributed by atoms with E-state index in [0.717, 1.165) is 23.6 Å². The second-order valence-electron chi connectivity index (χ2n) is 5.82. The molecule has 0 saturated carbocycles. The Balaban J connectivity index is 1.63. The number of ether oxygens (including phenoxy) is 1. The van der Waals surface area contributed by atoms with Crippen LogP contribution in [0, 0.1) is 5.41 Å². The summed E-state index contributed by atoms with van der Waals surface area (Å²) in [4.78, 5) is 0. The summed E-state index contributed by atoms with van der Waals surface area (Å²) in [6.45, 7) is 4.19. The fourth-order valence-corrected chi connectivity index (χ4v) is 2.45. The number of hydrogen-bond donors (Lipinski definition) is 2. The van der Waals surface area contributed by atoms with Crippen molar-refractivity contribution in [2.45, 2.75) is 13.0 Å². The summed E-state index contributed by atoms with van der Waals surface area (Å²) in [5.74, 6) is 1.78. The minimum Gasteiger partial charge on any atom is -0.459 e. The number of aliphatic hydroxyl groups is 1. The molecule has 1 fully saturated rings. The van der Waals surface area contributed by atoms with Crippen LogP contribution in [0.15, 0.2) is 46.9 Å². The predicted molar refractivity (Wildman–Crippen MR) is 80.9 cm³/mol. The summed E-state index contributed by atoms with van der Waals surface area (Å²) in [5.41, 5.74) is 0.957. The predicted octanol–water partition coefficient (Wildman–Crippen LogP) is 2.61. The van der Waals surface area contributed by atoms with Crippen molar-refractivity contribution in [2.75, 3.05) is 26.4 Å². The third-order valence-corrected chi connectivity index (χ3v) is 4.05. The summed E-state index contributed by atoms with van der Waals surface area (Å²) in [6.07, 6.45) is 0. The molecule has 0 bridgehead atoms. The number of aliphatic hydroxyl groups excluding tert-OH is 1. The van der Waals surface area contributed by atoms with Crippen LogP contribution in [-0.4, -0.2) is 31.5 Å². The Morgan fingerprint density at radius 2 is 1.95 bits per heavy atom. The lowest BCUT2D eigenvalue weighted by atomic mass is 9.87. The van der Waals surface area contributed by atoms with E-state index in [2.05, 4.69) is 12.2 Å². The first-order valence-corrected chi connectivity index (χ1v) is 7.30. The molecule has 1 aliphatic rings. The van der Waals surface area contributed by atoms with E-state index < -0.39 is 0 Å². The van der Waals surface area contributed by atoms with Crippen LogP contribution in [-0.2, 0) is 4.74 Å². The van der Waals surface area contributed by atoms with E-state index >= 15 is 0 Å². The van der Waals surface area contributed by atoms with Crippen LogP contribution in [0.3, 0.4) is 0 Å². The van der Waals surface area contributed by atoms with Gasteiger partial charge in [0, 0.05) is 12.1 Å². The van der Waals surface area contributed by atoms with Crippen LogP contribution in [0.1, 0.15) is 18.7 Å². The van der Waals surface area contributed by atoms with Crippen molar-refractivity contribution in [3.63, 3.8) is 0 Å². The van der Waals surface area contributed by atoms with Gasteiger partial charge in [0.1, 0.15) is 11.5 Å². The van der Waals surface area contributed by atoms with Crippen molar-refractivity contribution < 1.29 is 14.3 Å². The minimum atomic E-state index is -0.122. The van der Waals surface area contributed by atoms with Gasteiger partial charge >= 0.3 is 0 Å². The van der Waals surface area contributed by atoms with E-state index in [0.29, 0.717) is 13.2 Å². The SMILES string of the molecule is CC(NCC1(CO)COC1)c1ccc(-c2ccccc2)o1. The highest BCUT2D eigenvalue weighted by Gasteiger charge is 2.38. The molecule has 4 nitrogen and oxygen atoms in total. The number of hydrogen-bond acceptors (Lipinski definition) is 4. The van der Waals surface area contributed by atoms with Crippen molar-refractivity contribution in [3.05, 3.63) is 48.2 Å². The normalized spacial score (nSPS) is 18.2. The zero-order valence-corrected chi connectivity index (χ0v) is 12.2. The molecule has 2 N–H and O–H groups in total. The van der Waals surface area contributed by atoms with Crippen molar-refractivity contribution in [1.29, 1.82) is 0 Å². The molecule has 2 heterocycles. The molecule has 0 aliphatic carbocycles. The van der Waals surface area contributed by atoms with Gasteiger partial charge in [0.2, 0.25) is 0 Å². The van der Waals surface area contributed by atoms with Gasteiger partial charge in [-0.2, -0.15) is 0 Å². The number of furan rings is 1. The average molecular weight is 287 g/mol. The molecule has 112 valence electrons. The Hall–Kier alpha value is -1.62. The largest absolute Gasteiger partial charge is 0.459 e. The van der Waals surface area contributed by atoms with Crippen LogP contribution in [0.4, 0.5) is 0 Å². The monoisotopic (exact) mass is 287 g/mol. The van der Waals surface area contributed by atoms with Gasteiger partial charge in [-0.1, -0.05) is 30.3 Å². The molecule has 0 radical (unpaired) electrons. The van der Waals surface area contributed by atoms with Gasteiger partial charge in [-0.05, 0) is 19.1 Å². The van der Waals surface area contributed by atoms with E-state index in [9.17, 15) is 5.11 Å². The zero-order valence-electron chi connectivity index (χ0n) is 12.2. The first-order valence-electron chi connectivity index (χ1n) is 7.30. The van der Waals surface area contributed by atoms with Gasteiger partial charge in [0.15, 0.2) is 0 Å². The van der Waals surface area contributed by atoms with E-state index in [1.165, 1.54) is 0 Å². The molecule has 0 spiro atoms. The quantitative estimate of drug-likeness (QED) is 0.857. The van der Waals surface area contributed by atoms with Gasteiger partial charge in [-0.25, -0.2) is 0 Å². The highest BCUT2D eigenvalue weighted by atomic mass is 16.5. The Morgan fingerprint density at radius 1 is 1.19 bits per heavy atom. The second kappa shape index (κ2) is 6.02. The fourth-order valence-electron chi connectivity index (χ4n) is 2.45. The van der Waals surface area contributed by atoms with E-state index in [1.807, 2.05) is 42.5 Å². The topological polar surface area (TPSA) is 54.6 Å². The average Bonchev–Trinajstić information content (AvgIpc) is 2.97. The highest BCUT2D eigenvalue weighted by molar-refractivity contribution is 5.57.